The smallest absolute Gasteiger partial charge is 0.0543 e. The van der Waals surface area contributed by atoms with Gasteiger partial charge in [-0.05, 0) is 113 Å². The van der Waals surface area contributed by atoms with Crippen LogP contribution in [0.4, 0.5) is 17.1 Å². The number of benzene rings is 10. The first-order valence-corrected chi connectivity index (χ1v) is 20.9. The highest BCUT2D eigenvalue weighted by Gasteiger charge is 2.39. The van der Waals surface area contributed by atoms with E-state index < -0.39 is 0 Å². The van der Waals surface area contributed by atoms with Crippen LogP contribution < -0.4 is 4.90 Å². The van der Waals surface area contributed by atoms with Crippen LogP contribution in [-0.4, -0.2) is 0 Å². The highest BCUT2D eigenvalue weighted by molar-refractivity contribution is 6.08. The highest BCUT2D eigenvalue weighted by Crippen LogP contribution is 2.56. The van der Waals surface area contributed by atoms with Gasteiger partial charge < -0.3 is 4.90 Å². The first kappa shape index (κ1) is 35.7. The molecule has 10 aromatic carbocycles. The maximum Gasteiger partial charge on any atom is 0.0543 e. The van der Waals surface area contributed by atoms with Crippen molar-refractivity contribution < 1.29 is 0 Å². The van der Waals surface area contributed by atoms with Gasteiger partial charge in [-0.3, -0.25) is 0 Å². The van der Waals surface area contributed by atoms with Crippen molar-refractivity contribution in [1.29, 1.82) is 0 Å². The summed E-state index contributed by atoms with van der Waals surface area (Å²) in [7, 11) is 0. The van der Waals surface area contributed by atoms with Gasteiger partial charge in [0.15, 0.2) is 0 Å². The first-order valence-electron chi connectivity index (χ1n) is 20.9. The molecule has 11 rings (SSSR count). The van der Waals surface area contributed by atoms with Crippen LogP contribution in [0.3, 0.4) is 0 Å². The van der Waals surface area contributed by atoms with E-state index in [0.717, 1.165) is 11.4 Å². The Kier molecular flexibility index (Phi) is 8.57. The van der Waals surface area contributed by atoms with Crippen LogP contribution in [0.2, 0.25) is 0 Å². The average Bonchev–Trinajstić information content (AvgIpc) is 3.56. The van der Waals surface area contributed by atoms with E-state index >= 15 is 0 Å². The van der Waals surface area contributed by atoms with E-state index in [4.69, 9.17) is 0 Å². The second kappa shape index (κ2) is 14.4. The largest absolute Gasteiger partial charge is 0.310 e. The normalized spacial score (nSPS) is 12.6. The van der Waals surface area contributed by atoms with Gasteiger partial charge in [-0.1, -0.05) is 208 Å². The molecule has 0 fully saturated rings. The Morgan fingerprint density at radius 1 is 0.317 bits per heavy atom. The molecule has 0 amide bonds. The van der Waals surface area contributed by atoms with E-state index in [0.29, 0.717) is 0 Å². The summed E-state index contributed by atoms with van der Waals surface area (Å²) in [5, 5.41) is 5.07. The Morgan fingerprint density at radius 3 is 1.38 bits per heavy atom. The molecule has 0 saturated heterocycles. The molecule has 0 aromatic heterocycles. The molecule has 0 N–H and O–H groups in total. The minimum absolute atomic E-state index is 0.152. The molecule has 284 valence electrons. The Balaban J connectivity index is 1.06. The summed E-state index contributed by atoms with van der Waals surface area (Å²) in [5.74, 6) is 0. The van der Waals surface area contributed by atoms with E-state index in [1.165, 1.54) is 94.0 Å². The van der Waals surface area contributed by atoms with E-state index in [1.807, 2.05) is 0 Å². The molecule has 0 bridgehead atoms. The third-order valence-corrected chi connectivity index (χ3v) is 12.7. The van der Waals surface area contributed by atoms with Crippen molar-refractivity contribution in [2.75, 3.05) is 4.90 Å². The molecule has 0 radical (unpaired) electrons. The fourth-order valence-electron chi connectivity index (χ4n) is 9.66. The van der Waals surface area contributed by atoms with Crippen LogP contribution in [0.25, 0.3) is 77.2 Å². The summed E-state index contributed by atoms with van der Waals surface area (Å²) < 4.78 is 0. The predicted molar refractivity (Wildman–Crippen MR) is 255 cm³/mol. The lowest BCUT2D eigenvalue weighted by Crippen LogP contribution is -2.16. The summed E-state index contributed by atoms with van der Waals surface area (Å²) in [6, 6.07) is 82.3. The maximum atomic E-state index is 2.47. The van der Waals surface area contributed by atoms with Crippen LogP contribution >= 0.6 is 0 Å². The third-order valence-electron chi connectivity index (χ3n) is 12.7. The Labute approximate surface area is 352 Å². The minimum Gasteiger partial charge on any atom is -0.310 e. The number of hydrogen-bond acceptors (Lipinski definition) is 1. The van der Waals surface area contributed by atoms with Crippen molar-refractivity contribution in [2.45, 2.75) is 19.3 Å². The molecule has 0 atom stereocenters. The van der Waals surface area contributed by atoms with Crippen molar-refractivity contribution in [3.63, 3.8) is 0 Å². The molecule has 0 unspecified atom stereocenters. The second-order valence-corrected chi connectivity index (χ2v) is 16.5. The fraction of sp³-hybridized carbons (Fsp3) is 0.0508. The lowest BCUT2D eigenvalue weighted by atomic mass is 9.82. The summed E-state index contributed by atoms with van der Waals surface area (Å²) in [4.78, 5) is 2.47. The van der Waals surface area contributed by atoms with Crippen LogP contribution in [0.15, 0.2) is 224 Å². The minimum atomic E-state index is -0.152. The number of hydrogen-bond donors (Lipinski definition) is 0. The van der Waals surface area contributed by atoms with Gasteiger partial charge in [0, 0.05) is 22.4 Å². The van der Waals surface area contributed by atoms with Crippen LogP contribution in [0.5, 0.6) is 0 Å². The molecule has 0 aliphatic heterocycles. The zero-order valence-electron chi connectivity index (χ0n) is 33.8. The van der Waals surface area contributed by atoms with Gasteiger partial charge in [0.2, 0.25) is 0 Å². The summed E-state index contributed by atoms with van der Waals surface area (Å²) in [6.45, 7) is 4.75. The van der Waals surface area contributed by atoms with Crippen LogP contribution in [0, 0.1) is 0 Å². The summed E-state index contributed by atoms with van der Waals surface area (Å²) in [6.07, 6.45) is 0. The van der Waals surface area contributed by atoms with Gasteiger partial charge in [0.1, 0.15) is 0 Å². The molecule has 1 aliphatic carbocycles. The van der Waals surface area contributed by atoms with Crippen LogP contribution in [-0.2, 0) is 5.41 Å². The quantitative estimate of drug-likeness (QED) is 0.156. The molecule has 0 heterocycles. The molecule has 0 saturated carbocycles. The van der Waals surface area contributed by atoms with Crippen molar-refractivity contribution >= 4 is 38.6 Å². The number of rotatable bonds is 7. The van der Waals surface area contributed by atoms with Gasteiger partial charge in [-0.15, -0.1) is 0 Å². The van der Waals surface area contributed by atoms with Gasteiger partial charge in [-0.25, -0.2) is 0 Å². The SMILES string of the molecule is CC1(C)c2cccc(N(c3ccc(-c4ccc(-c5ccccc5)cc4)cc3)c3ccc(-c4cccc5cccc(-c6ccccc6)c45)cc3)c2-c2c1ccc1ccccc21. The Hall–Kier alpha value is -7.48. The number of nitrogens with zero attached hydrogens (tertiary/aromatic N) is 1. The molecular formula is C59H43N. The number of fused-ring (bicyclic) bond motifs is 6. The van der Waals surface area contributed by atoms with Crippen molar-refractivity contribution in [1.82, 2.24) is 0 Å². The predicted octanol–water partition coefficient (Wildman–Crippen LogP) is 16.4. The molecule has 60 heavy (non-hydrogen) atoms. The van der Waals surface area contributed by atoms with Crippen LogP contribution in [0.1, 0.15) is 25.0 Å². The molecule has 1 heteroatoms. The monoisotopic (exact) mass is 765 g/mol. The van der Waals surface area contributed by atoms with Gasteiger partial charge in [0.25, 0.3) is 0 Å². The van der Waals surface area contributed by atoms with Crippen molar-refractivity contribution in [3.8, 4) is 55.6 Å². The standard InChI is InChI=1S/C59H43N/c1-59(2)53-24-13-25-55(58(53)57-52-21-10-9-18-45(52)34-39-54(57)59)60(48-35-30-43(31-36-48)42-28-26-41(27-29-42)40-14-5-3-6-15-40)49-37-32-46(33-38-49)51-23-12-20-47-19-11-22-50(56(47)51)44-16-7-4-8-17-44/h3-39H,1-2H3. The topological polar surface area (TPSA) is 3.24 Å². The molecule has 10 aromatic rings. The second-order valence-electron chi connectivity index (χ2n) is 16.5. The van der Waals surface area contributed by atoms with Crippen molar-refractivity contribution in [2.24, 2.45) is 0 Å². The lowest BCUT2D eigenvalue weighted by molar-refractivity contribution is 0.661. The Bertz CT molecular complexity index is 3170. The zero-order valence-corrected chi connectivity index (χ0v) is 33.8. The highest BCUT2D eigenvalue weighted by atomic mass is 15.1. The van der Waals surface area contributed by atoms with E-state index in [-0.39, 0.29) is 5.41 Å². The van der Waals surface area contributed by atoms with E-state index in [9.17, 15) is 0 Å². The maximum absolute atomic E-state index is 2.47. The number of anilines is 3. The average molecular weight is 766 g/mol. The molecular weight excluding hydrogens is 723 g/mol. The van der Waals surface area contributed by atoms with Gasteiger partial charge >= 0.3 is 0 Å². The lowest BCUT2D eigenvalue weighted by Gasteiger charge is -2.29. The van der Waals surface area contributed by atoms with Gasteiger partial charge in [-0.2, -0.15) is 0 Å². The first-order chi connectivity index (χ1) is 29.5. The molecule has 1 nitrogen and oxygen atoms in total. The van der Waals surface area contributed by atoms with E-state index in [2.05, 4.69) is 243 Å². The summed E-state index contributed by atoms with van der Waals surface area (Å²) in [5.41, 5.74) is 18.4. The fourth-order valence-corrected chi connectivity index (χ4v) is 9.66. The molecule has 1 aliphatic rings. The third kappa shape index (κ3) is 5.93. The summed E-state index contributed by atoms with van der Waals surface area (Å²) >= 11 is 0. The van der Waals surface area contributed by atoms with Crippen molar-refractivity contribution in [3.05, 3.63) is 236 Å². The molecule has 0 spiro atoms. The zero-order chi connectivity index (χ0) is 40.2. The van der Waals surface area contributed by atoms with Gasteiger partial charge in [0.05, 0.1) is 5.69 Å². The van der Waals surface area contributed by atoms with E-state index in [1.54, 1.807) is 0 Å². The Morgan fingerprint density at radius 2 is 0.767 bits per heavy atom.